The normalized spacial score (nSPS) is 60.9. The van der Waals surface area contributed by atoms with Crippen LogP contribution in [-0.2, 0) is 14.3 Å². The summed E-state index contributed by atoms with van der Waals surface area (Å²) >= 11 is 0. The second kappa shape index (κ2) is 6.69. The average molecular weight is 471 g/mol. The number of ketones is 1. The second-order valence-corrected chi connectivity index (χ2v) is 15.1. The number of esters is 1. The Labute approximate surface area is 206 Å². The Morgan fingerprint density at radius 2 is 1.53 bits per heavy atom. The number of carbonyl (C=O) groups is 2. The number of aliphatic hydroxyl groups is 1. The predicted molar refractivity (Wildman–Crippen MR) is 131 cm³/mol. The molecule has 2 bridgehead atoms. The van der Waals surface area contributed by atoms with E-state index in [0.29, 0.717) is 30.1 Å². The van der Waals surface area contributed by atoms with Crippen LogP contribution in [0.4, 0.5) is 0 Å². The summed E-state index contributed by atoms with van der Waals surface area (Å²) in [6.45, 7) is 14.7. The highest BCUT2D eigenvalue weighted by molar-refractivity contribution is 5.82. The van der Waals surface area contributed by atoms with E-state index in [2.05, 4.69) is 41.5 Å². The lowest BCUT2D eigenvalue weighted by atomic mass is 9.29. The Balaban J connectivity index is 1.44. The molecule has 7 rings (SSSR count). The van der Waals surface area contributed by atoms with Crippen LogP contribution in [0.25, 0.3) is 0 Å². The third-order valence-corrected chi connectivity index (χ3v) is 14.3. The molecule has 5 saturated carbocycles. The van der Waals surface area contributed by atoms with Crippen LogP contribution in [0.1, 0.15) is 106 Å². The second-order valence-electron chi connectivity index (χ2n) is 15.1. The Morgan fingerprint density at radius 3 is 2.26 bits per heavy atom. The van der Waals surface area contributed by atoms with Crippen molar-refractivity contribution < 1.29 is 19.4 Å². The SMILES string of the molecule is C[C@H]1C(=O)CCC2[C@]3(C)CC[C@@]4(C)[C@@H]5C[C@]6(C)CCC5(COC6=O)[C@H](O)C[C@]4(C)C3CC[C@@]21C. The maximum Gasteiger partial charge on any atom is 0.311 e. The van der Waals surface area contributed by atoms with Crippen molar-refractivity contribution in [1.29, 1.82) is 0 Å². The number of rotatable bonds is 0. The first-order valence-corrected chi connectivity index (χ1v) is 14.1. The molecule has 5 aliphatic carbocycles. The van der Waals surface area contributed by atoms with E-state index in [1.54, 1.807) is 0 Å². The topological polar surface area (TPSA) is 63.6 Å². The summed E-state index contributed by atoms with van der Waals surface area (Å²) in [4.78, 5) is 25.7. The van der Waals surface area contributed by atoms with E-state index in [1.807, 2.05) is 0 Å². The van der Waals surface area contributed by atoms with Gasteiger partial charge in [-0.05, 0) is 104 Å². The van der Waals surface area contributed by atoms with Gasteiger partial charge in [-0.2, -0.15) is 0 Å². The number of Topliss-reactive ketones (excluding diaryl/α,β-unsaturated/α-hetero) is 1. The van der Waals surface area contributed by atoms with Crippen LogP contribution in [0.2, 0.25) is 0 Å². The van der Waals surface area contributed by atoms with Crippen molar-refractivity contribution in [3.05, 3.63) is 0 Å². The molecule has 190 valence electrons. The van der Waals surface area contributed by atoms with Crippen molar-refractivity contribution >= 4 is 11.8 Å². The van der Waals surface area contributed by atoms with Crippen LogP contribution in [0.5, 0.6) is 0 Å². The molecule has 0 amide bonds. The molecule has 0 radical (unpaired) electrons. The van der Waals surface area contributed by atoms with E-state index in [-0.39, 0.29) is 39.0 Å². The van der Waals surface area contributed by atoms with Crippen LogP contribution < -0.4 is 0 Å². The third-order valence-electron chi connectivity index (χ3n) is 14.3. The average Bonchev–Trinajstić information content (AvgIpc) is 2.98. The van der Waals surface area contributed by atoms with E-state index in [9.17, 15) is 14.7 Å². The van der Waals surface area contributed by atoms with Crippen LogP contribution in [0.15, 0.2) is 0 Å². The lowest BCUT2D eigenvalue weighted by Crippen LogP contribution is -2.71. The number of aliphatic hydroxyl groups excluding tert-OH is 1. The highest BCUT2D eigenvalue weighted by atomic mass is 16.5. The van der Waals surface area contributed by atoms with Gasteiger partial charge in [-0.25, -0.2) is 0 Å². The molecule has 34 heavy (non-hydrogen) atoms. The molecule has 0 aromatic carbocycles. The summed E-state index contributed by atoms with van der Waals surface area (Å²) in [7, 11) is 0. The van der Waals surface area contributed by atoms with Gasteiger partial charge in [0.15, 0.2) is 0 Å². The fourth-order valence-electron chi connectivity index (χ4n) is 11.7. The van der Waals surface area contributed by atoms with Gasteiger partial charge >= 0.3 is 5.97 Å². The molecule has 4 heteroatoms. The van der Waals surface area contributed by atoms with Gasteiger partial charge in [0.05, 0.1) is 18.1 Å². The minimum atomic E-state index is -0.409. The molecule has 1 N–H and O–H groups in total. The molecular weight excluding hydrogens is 424 g/mol. The van der Waals surface area contributed by atoms with Crippen molar-refractivity contribution in [3.8, 4) is 0 Å². The lowest BCUT2D eigenvalue weighted by Gasteiger charge is -2.75. The van der Waals surface area contributed by atoms with Gasteiger partial charge in [0.2, 0.25) is 0 Å². The molecular formula is C30H46O4. The van der Waals surface area contributed by atoms with Gasteiger partial charge in [-0.15, -0.1) is 0 Å². The molecule has 7 fully saturated rings. The molecule has 7 aliphatic rings. The summed E-state index contributed by atoms with van der Waals surface area (Å²) in [6.07, 6.45) is 9.47. The van der Waals surface area contributed by atoms with Crippen LogP contribution in [0.3, 0.4) is 0 Å². The molecule has 0 aromatic heterocycles. The Hall–Kier alpha value is -0.900. The Kier molecular flexibility index (Phi) is 4.63. The maximum atomic E-state index is 13.0. The monoisotopic (exact) mass is 470 g/mol. The van der Waals surface area contributed by atoms with Gasteiger partial charge in [0.25, 0.3) is 0 Å². The smallest absolute Gasteiger partial charge is 0.311 e. The van der Waals surface area contributed by atoms with E-state index in [1.165, 1.54) is 6.42 Å². The van der Waals surface area contributed by atoms with Crippen LogP contribution >= 0.6 is 0 Å². The molecule has 2 aliphatic heterocycles. The van der Waals surface area contributed by atoms with Gasteiger partial charge < -0.3 is 9.84 Å². The first-order chi connectivity index (χ1) is 15.8. The van der Waals surface area contributed by atoms with Crippen molar-refractivity contribution in [2.45, 2.75) is 112 Å². The molecule has 1 spiro atoms. The molecule has 0 aromatic rings. The zero-order valence-electron chi connectivity index (χ0n) is 22.3. The van der Waals surface area contributed by atoms with E-state index >= 15 is 0 Å². The predicted octanol–water partition coefficient (Wildman–Crippen LogP) is 5.94. The van der Waals surface area contributed by atoms with Crippen molar-refractivity contribution in [1.82, 2.24) is 0 Å². The van der Waals surface area contributed by atoms with E-state index < -0.39 is 11.5 Å². The first-order valence-electron chi connectivity index (χ1n) is 14.1. The largest absolute Gasteiger partial charge is 0.465 e. The minimum Gasteiger partial charge on any atom is -0.465 e. The van der Waals surface area contributed by atoms with Crippen molar-refractivity contribution in [3.63, 3.8) is 0 Å². The summed E-state index contributed by atoms with van der Waals surface area (Å²) < 4.78 is 5.88. The lowest BCUT2D eigenvalue weighted by molar-refractivity contribution is -0.282. The summed E-state index contributed by atoms with van der Waals surface area (Å²) in [5, 5.41) is 11.9. The molecule has 11 atom stereocenters. The van der Waals surface area contributed by atoms with Gasteiger partial charge in [-0.3, -0.25) is 9.59 Å². The number of ether oxygens (including phenoxy) is 1. The van der Waals surface area contributed by atoms with Crippen molar-refractivity contribution in [2.24, 2.45) is 56.2 Å². The Bertz CT molecular complexity index is 944. The van der Waals surface area contributed by atoms with Gasteiger partial charge in [0.1, 0.15) is 5.78 Å². The quantitative estimate of drug-likeness (QED) is 0.445. The van der Waals surface area contributed by atoms with Gasteiger partial charge in [0, 0.05) is 17.8 Å². The maximum absolute atomic E-state index is 13.0. The zero-order valence-corrected chi connectivity index (χ0v) is 22.3. The minimum absolute atomic E-state index is 0.0330. The fourth-order valence-corrected chi connectivity index (χ4v) is 11.7. The summed E-state index contributed by atoms with van der Waals surface area (Å²) in [5.74, 6) is 2.04. The fraction of sp³-hybridized carbons (Fsp3) is 0.933. The number of hydrogen-bond donors (Lipinski definition) is 1. The highest BCUT2D eigenvalue weighted by Crippen LogP contribution is 2.78. The van der Waals surface area contributed by atoms with E-state index in [4.69, 9.17) is 4.74 Å². The molecule has 2 heterocycles. The zero-order chi connectivity index (χ0) is 24.5. The number of carbonyl (C=O) groups excluding carboxylic acids is 2. The number of hydrogen-bond acceptors (Lipinski definition) is 4. The molecule has 3 unspecified atom stereocenters. The highest BCUT2D eigenvalue weighted by Gasteiger charge is 2.74. The third kappa shape index (κ3) is 2.46. The standard InChI is InChI=1S/C30H46O4/c1-18-19(31)7-8-20-26(18,3)10-9-21-27(20,4)12-13-28(5)22-15-25(2)11-14-30(22,17-34-24(25)33)23(32)16-29(21,28)6/h18,20-23,32H,7-17H2,1-6H3/t18-,20?,21?,22-,23+,25-,26+,27-,28-,29+,30?/m0/s1. The van der Waals surface area contributed by atoms with Crippen LogP contribution in [-0.4, -0.2) is 29.6 Å². The Morgan fingerprint density at radius 1 is 0.794 bits per heavy atom. The summed E-state index contributed by atoms with van der Waals surface area (Å²) in [6, 6.07) is 0. The molecule has 4 nitrogen and oxygen atoms in total. The number of fused-ring (bicyclic) bond motifs is 8. The van der Waals surface area contributed by atoms with Crippen molar-refractivity contribution in [2.75, 3.05) is 6.61 Å². The van der Waals surface area contributed by atoms with Crippen LogP contribution in [0, 0.1) is 56.2 Å². The van der Waals surface area contributed by atoms with Gasteiger partial charge in [-0.1, -0.05) is 34.6 Å². The summed E-state index contributed by atoms with van der Waals surface area (Å²) in [5.41, 5.74) is -0.241. The first kappa shape index (κ1) is 23.5. The molecule has 2 saturated heterocycles. The van der Waals surface area contributed by atoms with E-state index in [0.717, 1.165) is 57.8 Å².